The topological polar surface area (TPSA) is 44.8 Å². The number of hydrogen-bond donors (Lipinski definition) is 0. The van der Waals surface area contributed by atoms with Gasteiger partial charge in [-0.3, -0.25) is 0 Å². The highest BCUT2D eigenvalue weighted by molar-refractivity contribution is 7.99. The van der Waals surface area contributed by atoms with Crippen LogP contribution in [0.1, 0.15) is 5.69 Å². The van der Waals surface area contributed by atoms with Crippen LogP contribution in [0.4, 0.5) is 5.82 Å². The molecular formula is C13H20N4OS. The molecule has 0 amide bonds. The molecule has 104 valence electrons. The molecule has 5 nitrogen and oxygen atoms in total. The zero-order chi connectivity index (χ0) is 13.2. The standard InChI is InChI=1S/C13H20N4OS/c1-10-7-12(17-5-3-16(2)4-6-17)15-13(14-10)19-9-11-8-18-11/h7,11H,3-6,8-9H2,1-2H3/t11-/m0/s1. The van der Waals surface area contributed by atoms with Gasteiger partial charge in [0, 0.05) is 43.7 Å². The lowest BCUT2D eigenvalue weighted by atomic mass is 10.3. The molecule has 2 aliphatic rings. The summed E-state index contributed by atoms with van der Waals surface area (Å²) >= 11 is 1.70. The molecule has 1 atom stereocenters. The van der Waals surface area contributed by atoms with Crippen LogP contribution in [0.3, 0.4) is 0 Å². The maximum absolute atomic E-state index is 5.23. The van der Waals surface area contributed by atoms with Gasteiger partial charge in [0.15, 0.2) is 5.16 Å². The van der Waals surface area contributed by atoms with Gasteiger partial charge in [-0.2, -0.15) is 0 Å². The molecule has 0 bridgehead atoms. The lowest BCUT2D eigenvalue weighted by molar-refractivity contribution is 0.312. The van der Waals surface area contributed by atoms with Crippen molar-refractivity contribution in [3.05, 3.63) is 11.8 Å². The molecule has 0 aromatic carbocycles. The van der Waals surface area contributed by atoms with E-state index in [-0.39, 0.29) is 0 Å². The minimum absolute atomic E-state index is 0.418. The first kappa shape index (κ1) is 13.1. The van der Waals surface area contributed by atoms with Crippen molar-refractivity contribution in [2.45, 2.75) is 18.2 Å². The van der Waals surface area contributed by atoms with E-state index in [2.05, 4.69) is 32.9 Å². The Kier molecular flexibility index (Phi) is 3.91. The van der Waals surface area contributed by atoms with Gasteiger partial charge >= 0.3 is 0 Å². The molecule has 3 rings (SSSR count). The smallest absolute Gasteiger partial charge is 0.189 e. The fraction of sp³-hybridized carbons (Fsp3) is 0.692. The molecule has 6 heteroatoms. The highest BCUT2D eigenvalue weighted by Gasteiger charge is 2.23. The molecule has 2 saturated heterocycles. The van der Waals surface area contributed by atoms with Crippen LogP contribution in [0.2, 0.25) is 0 Å². The normalized spacial score (nSPS) is 23.7. The number of aryl methyl sites for hydroxylation is 1. The largest absolute Gasteiger partial charge is 0.372 e. The van der Waals surface area contributed by atoms with Crippen LogP contribution in [-0.4, -0.2) is 66.6 Å². The van der Waals surface area contributed by atoms with Crippen LogP contribution >= 0.6 is 11.8 Å². The van der Waals surface area contributed by atoms with Crippen LogP contribution in [0, 0.1) is 6.92 Å². The number of aromatic nitrogens is 2. The first-order valence-corrected chi connectivity index (χ1v) is 7.73. The Bertz CT molecular complexity index is 444. The van der Waals surface area contributed by atoms with Gasteiger partial charge in [0.25, 0.3) is 0 Å². The Morgan fingerprint density at radius 1 is 1.32 bits per heavy atom. The molecule has 1 aromatic rings. The first-order valence-electron chi connectivity index (χ1n) is 6.74. The molecule has 0 saturated carbocycles. The fourth-order valence-electron chi connectivity index (χ4n) is 2.12. The number of nitrogens with zero attached hydrogens (tertiary/aromatic N) is 4. The number of likely N-dealkylation sites (N-methyl/N-ethyl adjacent to an activating group) is 1. The Labute approximate surface area is 118 Å². The molecule has 1 aromatic heterocycles. The maximum atomic E-state index is 5.23. The Hall–Kier alpha value is -0.850. The van der Waals surface area contributed by atoms with E-state index in [0.29, 0.717) is 6.10 Å². The number of rotatable bonds is 4. The van der Waals surface area contributed by atoms with Crippen molar-refractivity contribution in [3.63, 3.8) is 0 Å². The minimum atomic E-state index is 0.418. The zero-order valence-corrected chi connectivity index (χ0v) is 12.3. The van der Waals surface area contributed by atoms with Crippen molar-refractivity contribution in [2.75, 3.05) is 50.5 Å². The highest BCUT2D eigenvalue weighted by atomic mass is 32.2. The van der Waals surface area contributed by atoms with E-state index in [1.807, 2.05) is 6.92 Å². The van der Waals surface area contributed by atoms with Gasteiger partial charge in [-0.05, 0) is 14.0 Å². The summed E-state index contributed by atoms with van der Waals surface area (Å²) in [5.74, 6) is 2.03. The lowest BCUT2D eigenvalue weighted by Gasteiger charge is -2.33. The Morgan fingerprint density at radius 3 is 2.74 bits per heavy atom. The number of epoxide rings is 1. The van der Waals surface area contributed by atoms with Crippen LogP contribution < -0.4 is 4.90 Å². The van der Waals surface area contributed by atoms with Crippen LogP contribution in [-0.2, 0) is 4.74 Å². The summed E-state index contributed by atoms with van der Waals surface area (Å²) in [6, 6.07) is 2.09. The third-order valence-corrected chi connectivity index (χ3v) is 4.43. The first-order chi connectivity index (χ1) is 9.20. The zero-order valence-electron chi connectivity index (χ0n) is 11.5. The summed E-state index contributed by atoms with van der Waals surface area (Å²) in [5, 5.41) is 0.879. The lowest BCUT2D eigenvalue weighted by Crippen LogP contribution is -2.44. The van der Waals surface area contributed by atoms with E-state index in [4.69, 9.17) is 4.74 Å². The second-order valence-corrected chi connectivity index (χ2v) is 6.19. The predicted octanol–water partition coefficient (Wildman–Crippen LogP) is 1.03. The summed E-state index contributed by atoms with van der Waals surface area (Å²) in [6.45, 7) is 7.22. The number of anilines is 1. The van der Waals surface area contributed by atoms with Crippen LogP contribution in [0.25, 0.3) is 0 Å². The third kappa shape index (κ3) is 3.58. The van der Waals surface area contributed by atoms with Gasteiger partial charge < -0.3 is 14.5 Å². The maximum Gasteiger partial charge on any atom is 0.189 e. The summed E-state index contributed by atoms with van der Waals surface area (Å²) < 4.78 is 5.23. The Balaban J connectivity index is 1.69. The SMILES string of the molecule is Cc1cc(N2CCN(C)CC2)nc(SC[C@@H]2CO2)n1. The Morgan fingerprint density at radius 2 is 2.05 bits per heavy atom. The second kappa shape index (κ2) is 5.64. The van der Waals surface area contributed by atoms with Gasteiger partial charge in [0.05, 0.1) is 12.7 Å². The molecule has 0 radical (unpaired) electrons. The van der Waals surface area contributed by atoms with Gasteiger partial charge in [-0.1, -0.05) is 11.8 Å². The predicted molar refractivity (Wildman–Crippen MR) is 76.9 cm³/mol. The third-order valence-electron chi connectivity index (χ3n) is 3.45. The van der Waals surface area contributed by atoms with Gasteiger partial charge in [-0.25, -0.2) is 9.97 Å². The molecule has 2 aliphatic heterocycles. The van der Waals surface area contributed by atoms with Crippen LogP contribution in [0.15, 0.2) is 11.2 Å². The van der Waals surface area contributed by atoms with E-state index in [9.17, 15) is 0 Å². The molecular weight excluding hydrogens is 260 g/mol. The molecule has 0 unspecified atom stereocenters. The van der Waals surface area contributed by atoms with Crippen molar-refractivity contribution in [1.29, 1.82) is 0 Å². The van der Waals surface area contributed by atoms with Crippen molar-refractivity contribution in [2.24, 2.45) is 0 Å². The monoisotopic (exact) mass is 280 g/mol. The molecule has 2 fully saturated rings. The molecule has 3 heterocycles. The van der Waals surface area contributed by atoms with E-state index < -0.39 is 0 Å². The second-order valence-electron chi connectivity index (χ2n) is 5.21. The van der Waals surface area contributed by atoms with E-state index in [0.717, 1.165) is 55.2 Å². The summed E-state index contributed by atoms with van der Waals surface area (Å²) in [5.41, 5.74) is 1.04. The fourth-order valence-corrected chi connectivity index (χ4v) is 3.01. The van der Waals surface area contributed by atoms with Crippen LogP contribution in [0.5, 0.6) is 0 Å². The van der Waals surface area contributed by atoms with Crippen molar-refractivity contribution in [3.8, 4) is 0 Å². The average molecular weight is 280 g/mol. The van der Waals surface area contributed by atoms with E-state index in [1.165, 1.54) is 0 Å². The van der Waals surface area contributed by atoms with Gasteiger partial charge in [0.1, 0.15) is 5.82 Å². The number of ether oxygens (including phenoxy) is 1. The van der Waals surface area contributed by atoms with E-state index in [1.54, 1.807) is 11.8 Å². The number of piperazine rings is 1. The number of thioether (sulfide) groups is 1. The quantitative estimate of drug-likeness (QED) is 0.466. The molecule has 0 aliphatic carbocycles. The minimum Gasteiger partial charge on any atom is -0.372 e. The molecule has 0 N–H and O–H groups in total. The summed E-state index contributed by atoms with van der Waals surface area (Å²) in [7, 11) is 2.17. The van der Waals surface area contributed by atoms with Crippen molar-refractivity contribution in [1.82, 2.24) is 14.9 Å². The molecule has 19 heavy (non-hydrogen) atoms. The van der Waals surface area contributed by atoms with E-state index >= 15 is 0 Å². The van der Waals surface area contributed by atoms with Gasteiger partial charge in [-0.15, -0.1) is 0 Å². The summed E-state index contributed by atoms with van der Waals surface area (Å²) in [4.78, 5) is 13.9. The van der Waals surface area contributed by atoms with Crippen molar-refractivity contribution >= 4 is 17.6 Å². The summed E-state index contributed by atoms with van der Waals surface area (Å²) in [6.07, 6.45) is 0.418. The van der Waals surface area contributed by atoms with Crippen molar-refractivity contribution < 1.29 is 4.74 Å². The molecule has 0 spiro atoms. The average Bonchev–Trinajstić information content (AvgIpc) is 3.20. The number of hydrogen-bond acceptors (Lipinski definition) is 6. The highest BCUT2D eigenvalue weighted by Crippen LogP contribution is 2.24. The van der Waals surface area contributed by atoms with Gasteiger partial charge in [0.2, 0.25) is 0 Å².